The number of nitrogens with one attached hydrogen (secondary N) is 2. The Morgan fingerprint density at radius 2 is 2.09 bits per heavy atom. The number of nitrogens with zero attached hydrogens (tertiary/aromatic N) is 3. The molecule has 2 amide bonds. The highest BCUT2D eigenvalue weighted by Crippen LogP contribution is 2.14. The molecule has 1 heterocycles. The molecule has 23 heavy (non-hydrogen) atoms. The predicted molar refractivity (Wildman–Crippen MR) is 87.1 cm³/mol. The highest BCUT2D eigenvalue weighted by Gasteiger charge is 2.09. The SMILES string of the molecule is C=CC(=O)N(C)c1ccc(C(=O)NCCCc2ncn[nH]2)cc1. The van der Waals surface area contributed by atoms with Crippen LogP contribution in [0.3, 0.4) is 0 Å². The van der Waals surface area contributed by atoms with E-state index < -0.39 is 0 Å². The molecule has 2 N–H and O–H groups in total. The van der Waals surface area contributed by atoms with Gasteiger partial charge in [0.05, 0.1) is 0 Å². The first-order chi connectivity index (χ1) is 11.1. The maximum absolute atomic E-state index is 12.0. The molecule has 7 heteroatoms. The van der Waals surface area contributed by atoms with Gasteiger partial charge in [0.1, 0.15) is 12.2 Å². The van der Waals surface area contributed by atoms with E-state index in [0.717, 1.165) is 18.7 Å². The molecule has 0 radical (unpaired) electrons. The topological polar surface area (TPSA) is 91.0 Å². The molecule has 2 aromatic rings. The van der Waals surface area contributed by atoms with Crippen molar-refractivity contribution in [2.75, 3.05) is 18.5 Å². The van der Waals surface area contributed by atoms with Crippen LogP contribution in [0.1, 0.15) is 22.6 Å². The Morgan fingerprint density at radius 1 is 1.35 bits per heavy atom. The summed E-state index contributed by atoms with van der Waals surface area (Å²) in [5.41, 5.74) is 1.25. The van der Waals surface area contributed by atoms with Gasteiger partial charge in [0.15, 0.2) is 0 Å². The van der Waals surface area contributed by atoms with Crippen molar-refractivity contribution in [2.45, 2.75) is 12.8 Å². The third kappa shape index (κ3) is 4.50. The molecule has 0 aliphatic carbocycles. The van der Waals surface area contributed by atoms with Gasteiger partial charge in [0, 0.05) is 31.3 Å². The van der Waals surface area contributed by atoms with Crippen molar-refractivity contribution in [3.05, 3.63) is 54.6 Å². The van der Waals surface area contributed by atoms with Gasteiger partial charge in [-0.05, 0) is 36.8 Å². The van der Waals surface area contributed by atoms with E-state index in [2.05, 4.69) is 27.1 Å². The number of aromatic nitrogens is 3. The summed E-state index contributed by atoms with van der Waals surface area (Å²) in [6.07, 6.45) is 4.21. The van der Waals surface area contributed by atoms with E-state index in [1.54, 1.807) is 31.3 Å². The molecule has 1 aromatic heterocycles. The lowest BCUT2D eigenvalue weighted by atomic mass is 10.2. The Morgan fingerprint density at radius 3 is 2.70 bits per heavy atom. The summed E-state index contributed by atoms with van der Waals surface area (Å²) < 4.78 is 0. The first-order valence-electron chi connectivity index (χ1n) is 7.24. The maximum atomic E-state index is 12.0. The second kappa shape index (κ2) is 7.88. The highest BCUT2D eigenvalue weighted by atomic mass is 16.2. The molecule has 0 unspecified atom stereocenters. The number of H-pyrrole nitrogens is 1. The molecular weight excluding hydrogens is 294 g/mol. The summed E-state index contributed by atoms with van der Waals surface area (Å²) in [5.74, 6) is 0.458. The molecule has 0 atom stereocenters. The Labute approximate surface area is 134 Å². The van der Waals surface area contributed by atoms with Gasteiger partial charge in [-0.2, -0.15) is 5.10 Å². The summed E-state index contributed by atoms with van der Waals surface area (Å²) >= 11 is 0. The van der Waals surface area contributed by atoms with Gasteiger partial charge in [-0.1, -0.05) is 6.58 Å². The fourth-order valence-electron chi connectivity index (χ4n) is 2.01. The third-order valence-electron chi connectivity index (χ3n) is 3.36. The lowest BCUT2D eigenvalue weighted by Gasteiger charge is -2.15. The fraction of sp³-hybridized carbons (Fsp3) is 0.250. The Bertz CT molecular complexity index is 664. The van der Waals surface area contributed by atoms with Crippen LogP contribution < -0.4 is 10.2 Å². The number of anilines is 1. The number of carbonyl (C=O) groups excluding carboxylic acids is 2. The Hall–Kier alpha value is -2.96. The van der Waals surface area contributed by atoms with Crippen molar-refractivity contribution >= 4 is 17.5 Å². The molecule has 0 saturated carbocycles. The van der Waals surface area contributed by atoms with Crippen molar-refractivity contribution in [3.63, 3.8) is 0 Å². The van der Waals surface area contributed by atoms with Gasteiger partial charge in [0.25, 0.3) is 5.91 Å². The summed E-state index contributed by atoms with van der Waals surface area (Å²) in [4.78, 5) is 29.0. The molecule has 120 valence electrons. The van der Waals surface area contributed by atoms with Crippen molar-refractivity contribution in [1.29, 1.82) is 0 Å². The lowest BCUT2D eigenvalue weighted by molar-refractivity contribution is -0.113. The van der Waals surface area contributed by atoms with E-state index in [-0.39, 0.29) is 11.8 Å². The van der Waals surface area contributed by atoms with Gasteiger partial charge >= 0.3 is 0 Å². The van der Waals surface area contributed by atoms with Crippen LogP contribution in [0, 0.1) is 0 Å². The minimum atomic E-state index is -0.199. The molecule has 0 aliphatic rings. The molecule has 1 aromatic carbocycles. The molecule has 7 nitrogen and oxygen atoms in total. The van der Waals surface area contributed by atoms with Crippen LogP contribution in [0.2, 0.25) is 0 Å². The minimum Gasteiger partial charge on any atom is -0.352 e. The normalized spacial score (nSPS) is 10.1. The monoisotopic (exact) mass is 313 g/mol. The molecule has 0 fully saturated rings. The lowest BCUT2D eigenvalue weighted by Crippen LogP contribution is -2.26. The van der Waals surface area contributed by atoms with Gasteiger partial charge < -0.3 is 10.2 Å². The largest absolute Gasteiger partial charge is 0.352 e. The van der Waals surface area contributed by atoms with E-state index in [0.29, 0.717) is 17.8 Å². The number of hydrogen-bond acceptors (Lipinski definition) is 4. The first-order valence-corrected chi connectivity index (χ1v) is 7.24. The molecular formula is C16H19N5O2. The van der Waals surface area contributed by atoms with E-state index in [1.165, 1.54) is 17.3 Å². The number of aryl methyl sites for hydroxylation is 1. The average molecular weight is 313 g/mol. The van der Waals surface area contributed by atoms with Gasteiger partial charge in [0.2, 0.25) is 5.91 Å². The second-order valence-electron chi connectivity index (χ2n) is 4.94. The Kier molecular flexibility index (Phi) is 5.62. The molecule has 0 saturated heterocycles. The van der Waals surface area contributed by atoms with Crippen LogP contribution in [0.4, 0.5) is 5.69 Å². The van der Waals surface area contributed by atoms with Crippen LogP contribution in [0.15, 0.2) is 43.2 Å². The molecule has 0 bridgehead atoms. The highest BCUT2D eigenvalue weighted by molar-refractivity contribution is 6.01. The van der Waals surface area contributed by atoms with Crippen LogP contribution >= 0.6 is 0 Å². The van der Waals surface area contributed by atoms with E-state index in [4.69, 9.17) is 0 Å². The smallest absolute Gasteiger partial charge is 0.251 e. The summed E-state index contributed by atoms with van der Waals surface area (Å²) in [5, 5.41) is 9.39. The number of carbonyl (C=O) groups is 2. The molecule has 2 rings (SSSR count). The minimum absolute atomic E-state index is 0.146. The third-order valence-corrected chi connectivity index (χ3v) is 3.36. The number of aromatic amines is 1. The number of amides is 2. The number of benzene rings is 1. The number of rotatable bonds is 7. The zero-order valence-electron chi connectivity index (χ0n) is 13.0. The van der Waals surface area contributed by atoms with Gasteiger partial charge in [-0.3, -0.25) is 14.7 Å². The summed E-state index contributed by atoms with van der Waals surface area (Å²) in [7, 11) is 1.66. The van der Waals surface area contributed by atoms with E-state index >= 15 is 0 Å². The standard InChI is InChI=1S/C16H19N5O2/c1-3-15(22)21(2)13-8-6-12(7-9-13)16(23)17-10-4-5-14-18-11-19-20-14/h3,6-9,11H,1,4-5,10H2,2H3,(H,17,23)(H,18,19,20). The average Bonchev–Trinajstić information content (AvgIpc) is 3.10. The van der Waals surface area contributed by atoms with Gasteiger partial charge in [-0.15, -0.1) is 0 Å². The van der Waals surface area contributed by atoms with Crippen molar-refractivity contribution in [2.24, 2.45) is 0 Å². The van der Waals surface area contributed by atoms with E-state index in [9.17, 15) is 9.59 Å². The maximum Gasteiger partial charge on any atom is 0.251 e. The zero-order valence-corrected chi connectivity index (χ0v) is 13.0. The predicted octanol–water partition coefficient (Wildman–Crippen LogP) is 1.32. The zero-order chi connectivity index (χ0) is 16.7. The second-order valence-corrected chi connectivity index (χ2v) is 4.94. The van der Waals surface area contributed by atoms with Crippen LogP contribution in [-0.4, -0.2) is 40.6 Å². The fourth-order valence-corrected chi connectivity index (χ4v) is 2.01. The molecule has 0 spiro atoms. The quantitative estimate of drug-likeness (QED) is 0.596. The van der Waals surface area contributed by atoms with Crippen molar-refractivity contribution in [1.82, 2.24) is 20.5 Å². The van der Waals surface area contributed by atoms with E-state index in [1.807, 2.05) is 0 Å². The van der Waals surface area contributed by atoms with Crippen LogP contribution in [0.25, 0.3) is 0 Å². The summed E-state index contributed by atoms with van der Waals surface area (Å²) in [6, 6.07) is 6.83. The summed E-state index contributed by atoms with van der Waals surface area (Å²) in [6.45, 7) is 4.00. The van der Waals surface area contributed by atoms with Crippen molar-refractivity contribution in [3.8, 4) is 0 Å². The van der Waals surface area contributed by atoms with Crippen LogP contribution in [-0.2, 0) is 11.2 Å². The molecule has 0 aliphatic heterocycles. The Balaban J connectivity index is 1.82. The number of likely N-dealkylation sites (N-methyl/N-ethyl adjacent to an activating group) is 1. The van der Waals surface area contributed by atoms with Gasteiger partial charge in [-0.25, -0.2) is 4.98 Å². The van der Waals surface area contributed by atoms with Crippen LogP contribution in [0.5, 0.6) is 0 Å². The number of hydrogen-bond donors (Lipinski definition) is 2. The first kappa shape index (κ1) is 16.4. The van der Waals surface area contributed by atoms with Crippen molar-refractivity contribution < 1.29 is 9.59 Å².